The maximum absolute atomic E-state index is 12.4. The van der Waals surface area contributed by atoms with Gasteiger partial charge in [0.05, 0.1) is 6.61 Å². The Balaban J connectivity index is 3.16. The first-order valence-corrected chi connectivity index (χ1v) is 8.52. The van der Waals surface area contributed by atoms with Gasteiger partial charge in [-0.05, 0) is 25.1 Å². The van der Waals surface area contributed by atoms with E-state index in [2.05, 4.69) is 0 Å². The van der Waals surface area contributed by atoms with Crippen LogP contribution in [0.5, 0.6) is 0 Å². The normalized spacial score (nSPS) is 15.5. The Hall–Kier alpha value is -0.640. The van der Waals surface area contributed by atoms with Crippen molar-refractivity contribution in [1.29, 1.82) is 0 Å². The third-order valence-electron chi connectivity index (χ3n) is 1.97. The highest BCUT2D eigenvalue weighted by molar-refractivity contribution is 7.77. The molecule has 0 fully saturated rings. The fourth-order valence-corrected chi connectivity index (χ4v) is 5.53. The van der Waals surface area contributed by atoms with Crippen LogP contribution < -0.4 is 11.0 Å². The molecule has 1 aromatic carbocycles. The van der Waals surface area contributed by atoms with E-state index in [-0.39, 0.29) is 11.9 Å². The highest BCUT2D eigenvalue weighted by Crippen LogP contribution is 2.57. The number of rotatable bonds is 5. The van der Waals surface area contributed by atoms with Crippen LogP contribution in [0.4, 0.5) is 5.69 Å². The molecule has 0 saturated heterocycles. The van der Waals surface area contributed by atoms with E-state index < -0.39 is 20.9 Å². The summed E-state index contributed by atoms with van der Waals surface area (Å²) >= 11 is 0. The minimum absolute atomic E-state index is 0.103. The zero-order valence-corrected chi connectivity index (χ0v) is 11.1. The molecule has 1 unspecified atom stereocenters. The fraction of sp³-hybridized carbons (Fsp3) is 0.333. The van der Waals surface area contributed by atoms with Gasteiger partial charge in [-0.1, -0.05) is 6.07 Å². The van der Waals surface area contributed by atoms with Crippen molar-refractivity contribution in [2.75, 3.05) is 18.2 Å². The second-order valence-electron chi connectivity index (χ2n) is 3.49. The van der Waals surface area contributed by atoms with E-state index in [1.54, 1.807) is 19.1 Å². The van der Waals surface area contributed by atoms with Gasteiger partial charge >= 0.3 is 7.60 Å². The zero-order valence-electron chi connectivity index (χ0n) is 9.31. The SMILES string of the molecule is CCOP(=O)(CP(=O)(O)O)c1cccc(N)c1. The topological polar surface area (TPSA) is 110 Å². The average Bonchev–Trinajstić information content (AvgIpc) is 2.15. The van der Waals surface area contributed by atoms with E-state index in [9.17, 15) is 9.13 Å². The molecule has 0 aromatic heterocycles. The van der Waals surface area contributed by atoms with Crippen LogP contribution in [-0.4, -0.2) is 22.3 Å². The van der Waals surface area contributed by atoms with Crippen molar-refractivity contribution in [1.82, 2.24) is 0 Å². The highest BCUT2D eigenvalue weighted by atomic mass is 31.2. The number of anilines is 1. The minimum atomic E-state index is -4.43. The van der Waals surface area contributed by atoms with Crippen LogP contribution in [0.25, 0.3) is 0 Å². The maximum Gasteiger partial charge on any atom is 0.335 e. The summed E-state index contributed by atoms with van der Waals surface area (Å²) in [6.45, 7) is 1.71. The summed E-state index contributed by atoms with van der Waals surface area (Å²) in [5.74, 6) is -0.808. The lowest BCUT2D eigenvalue weighted by molar-refractivity contribution is 0.337. The van der Waals surface area contributed by atoms with Crippen molar-refractivity contribution in [3.63, 3.8) is 0 Å². The lowest BCUT2D eigenvalue weighted by Crippen LogP contribution is -2.11. The Morgan fingerprint density at radius 2 is 2.00 bits per heavy atom. The van der Waals surface area contributed by atoms with E-state index in [1.807, 2.05) is 0 Å². The molecule has 0 spiro atoms. The Morgan fingerprint density at radius 3 is 2.47 bits per heavy atom. The highest BCUT2D eigenvalue weighted by Gasteiger charge is 2.34. The molecule has 0 aliphatic heterocycles. The molecule has 1 rings (SSSR count). The molecular weight excluding hydrogens is 264 g/mol. The Morgan fingerprint density at radius 1 is 1.35 bits per heavy atom. The predicted molar refractivity (Wildman–Crippen MR) is 66.6 cm³/mol. The van der Waals surface area contributed by atoms with E-state index in [1.165, 1.54) is 12.1 Å². The van der Waals surface area contributed by atoms with Crippen LogP contribution in [0.15, 0.2) is 24.3 Å². The summed E-state index contributed by atoms with van der Waals surface area (Å²) in [5.41, 5.74) is 5.91. The van der Waals surface area contributed by atoms with Crippen molar-refractivity contribution in [3.8, 4) is 0 Å². The van der Waals surface area contributed by atoms with Crippen LogP contribution in [-0.2, 0) is 13.7 Å². The van der Waals surface area contributed by atoms with Crippen molar-refractivity contribution in [3.05, 3.63) is 24.3 Å². The second-order valence-corrected chi connectivity index (χ2v) is 8.07. The smallest absolute Gasteiger partial charge is 0.335 e. The van der Waals surface area contributed by atoms with Crippen LogP contribution in [0.1, 0.15) is 6.92 Å². The standard InChI is InChI=1S/C9H15NO5P2/c1-2-15-16(11,7-17(12,13)14)9-5-3-4-8(10)6-9/h3-6H,2,7,10H2,1H3,(H2,12,13,14). The zero-order chi connectivity index (χ0) is 13.1. The van der Waals surface area contributed by atoms with Crippen LogP contribution >= 0.6 is 15.0 Å². The minimum Gasteiger partial charge on any atom is -0.399 e. The van der Waals surface area contributed by atoms with Gasteiger partial charge in [-0.2, -0.15) is 0 Å². The van der Waals surface area contributed by atoms with Gasteiger partial charge in [0.15, 0.2) is 0 Å². The number of hydrogen-bond acceptors (Lipinski definition) is 4. The molecule has 0 aliphatic carbocycles. The molecule has 4 N–H and O–H groups in total. The van der Waals surface area contributed by atoms with Crippen molar-refractivity contribution in [2.45, 2.75) is 6.92 Å². The average molecular weight is 279 g/mol. The van der Waals surface area contributed by atoms with E-state index in [0.717, 1.165) is 0 Å². The molecule has 1 aromatic rings. The molecule has 1 atom stereocenters. The second kappa shape index (κ2) is 5.34. The Bertz CT molecular complexity index is 484. The third-order valence-corrected chi connectivity index (χ3v) is 6.68. The van der Waals surface area contributed by atoms with Gasteiger partial charge in [0.2, 0.25) is 7.37 Å². The Labute approximate surface area is 99.4 Å². The van der Waals surface area contributed by atoms with E-state index >= 15 is 0 Å². The summed E-state index contributed by atoms with van der Waals surface area (Å²) in [4.78, 5) is 17.9. The predicted octanol–water partition coefficient (Wildman–Crippen LogP) is 1.34. The largest absolute Gasteiger partial charge is 0.399 e. The molecule has 0 bridgehead atoms. The Kier molecular flexibility index (Phi) is 4.53. The quantitative estimate of drug-likeness (QED) is 0.554. The summed E-state index contributed by atoms with van der Waals surface area (Å²) in [6, 6.07) is 6.06. The molecule has 0 amide bonds. The molecule has 6 nitrogen and oxygen atoms in total. The van der Waals surface area contributed by atoms with Gasteiger partial charge in [0, 0.05) is 11.0 Å². The lowest BCUT2D eigenvalue weighted by atomic mass is 10.3. The fourth-order valence-electron chi connectivity index (χ4n) is 1.38. The molecular formula is C9H15NO5P2. The van der Waals surface area contributed by atoms with Gasteiger partial charge in [-0.25, -0.2) is 0 Å². The molecule has 0 heterocycles. The number of nitrogens with two attached hydrogens (primary N) is 1. The van der Waals surface area contributed by atoms with Gasteiger partial charge in [-0.15, -0.1) is 0 Å². The van der Waals surface area contributed by atoms with Gasteiger partial charge in [0.1, 0.15) is 5.90 Å². The number of benzene rings is 1. The summed E-state index contributed by atoms with van der Waals surface area (Å²) < 4.78 is 28.5. The monoisotopic (exact) mass is 279 g/mol. The van der Waals surface area contributed by atoms with Crippen molar-refractivity contribution < 1.29 is 23.4 Å². The molecule has 96 valence electrons. The summed E-state index contributed by atoms with van der Waals surface area (Å²) in [7, 11) is -7.99. The van der Waals surface area contributed by atoms with E-state index in [0.29, 0.717) is 5.69 Å². The van der Waals surface area contributed by atoms with Crippen LogP contribution in [0.2, 0.25) is 0 Å². The molecule has 17 heavy (non-hydrogen) atoms. The maximum atomic E-state index is 12.4. The van der Waals surface area contributed by atoms with Gasteiger partial charge in [-0.3, -0.25) is 9.13 Å². The first-order valence-electron chi connectivity index (χ1n) is 4.91. The molecule has 8 heteroatoms. The first kappa shape index (κ1) is 14.4. The summed E-state index contributed by atoms with van der Waals surface area (Å²) in [5, 5.41) is 0.225. The molecule has 0 saturated carbocycles. The number of nitrogen functional groups attached to an aromatic ring is 1. The first-order chi connectivity index (χ1) is 7.77. The van der Waals surface area contributed by atoms with Gasteiger partial charge in [0.25, 0.3) is 0 Å². The van der Waals surface area contributed by atoms with Crippen molar-refractivity contribution >= 4 is 26.0 Å². The van der Waals surface area contributed by atoms with E-state index in [4.69, 9.17) is 20.0 Å². The molecule has 0 radical (unpaired) electrons. The third kappa shape index (κ3) is 4.26. The van der Waals surface area contributed by atoms with Gasteiger partial charge < -0.3 is 20.0 Å². The lowest BCUT2D eigenvalue weighted by Gasteiger charge is -2.18. The van der Waals surface area contributed by atoms with Crippen molar-refractivity contribution in [2.24, 2.45) is 0 Å². The van der Waals surface area contributed by atoms with Crippen LogP contribution in [0, 0.1) is 0 Å². The number of hydrogen-bond donors (Lipinski definition) is 3. The molecule has 0 aliphatic rings. The van der Waals surface area contributed by atoms with Crippen LogP contribution in [0.3, 0.4) is 0 Å². The summed E-state index contributed by atoms with van der Waals surface area (Å²) in [6.07, 6.45) is 0.